The predicted octanol–water partition coefficient (Wildman–Crippen LogP) is 2.48. The molecule has 0 amide bonds. The maximum atomic E-state index is 5.76. The van der Waals surface area contributed by atoms with Crippen LogP contribution < -0.4 is 5.73 Å². The molecule has 0 bridgehead atoms. The fraction of sp³-hybridized carbons (Fsp3) is 1.00. The molecule has 0 saturated carbocycles. The molecule has 2 N–H and O–H groups in total. The highest BCUT2D eigenvalue weighted by atomic mass is 15.1. The predicted molar refractivity (Wildman–Crippen MR) is 64.5 cm³/mol. The molecule has 0 aromatic rings. The fourth-order valence-electron chi connectivity index (χ4n) is 1.82. The first-order valence-corrected chi connectivity index (χ1v) is 6.20. The Hall–Kier alpha value is -0.0800. The second kappa shape index (κ2) is 9.47. The second-order valence-corrected chi connectivity index (χ2v) is 4.14. The molecule has 2 heteroatoms. The summed E-state index contributed by atoms with van der Waals surface area (Å²) in [6, 6.07) is 0. The highest BCUT2D eigenvalue weighted by molar-refractivity contribution is 4.65. The van der Waals surface area contributed by atoms with Crippen molar-refractivity contribution in [3.63, 3.8) is 0 Å². The van der Waals surface area contributed by atoms with Crippen LogP contribution in [-0.4, -0.2) is 31.1 Å². The van der Waals surface area contributed by atoms with Gasteiger partial charge in [0.1, 0.15) is 0 Å². The standard InChI is InChI=1S/C12H28N2/c1-4-7-9-14(6-3)11-12(10-13)8-5-2/h12H,4-11,13H2,1-3H3. The van der Waals surface area contributed by atoms with E-state index in [9.17, 15) is 0 Å². The van der Waals surface area contributed by atoms with Gasteiger partial charge in [0.2, 0.25) is 0 Å². The Balaban J connectivity index is 3.75. The molecule has 1 atom stereocenters. The molecule has 2 nitrogen and oxygen atoms in total. The van der Waals surface area contributed by atoms with Crippen LogP contribution in [0.25, 0.3) is 0 Å². The largest absolute Gasteiger partial charge is 0.330 e. The topological polar surface area (TPSA) is 29.3 Å². The Morgan fingerprint density at radius 1 is 1.14 bits per heavy atom. The minimum Gasteiger partial charge on any atom is -0.330 e. The summed E-state index contributed by atoms with van der Waals surface area (Å²) in [5.41, 5.74) is 5.76. The van der Waals surface area contributed by atoms with Gasteiger partial charge in [0.25, 0.3) is 0 Å². The molecule has 0 fully saturated rings. The molecule has 0 radical (unpaired) electrons. The minimum atomic E-state index is 0.705. The van der Waals surface area contributed by atoms with E-state index in [2.05, 4.69) is 25.7 Å². The van der Waals surface area contributed by atoms with Crippen molar-refractivity contribution in [3.8, 4) is 0 Å². The molecular formula is C12H28N2. The Kier molecular flexibility index (Phi) is 9.42. The van der Waals surface area contributed by atoms with Crippen molar-refractivity contribution >= 4 is 0 Å². The molecule has 0 spiro atoms. The molecule has 14 heavy (non-hydrogen) atoms. The average molecular weight is 200 g/mol. The first-order valence-electron chi connectivity index (χ1n) is 6.20. The molecule has 1 unspecified atom stereocenters. The van der Waals surface area contributed by atoms with Crippen LogP contribution in [0.1, 0.15) is 46.5 Å². The smallest absolute Gasteiger partial charge is 0.00216 e. The molecule has 0 aliphatic heterocycles. The third-order valence-corrected chi connectivity index (χ3v) is 2.82. The van der Waals surface area contributed by atoms with Crippen LogP contribution in [-0.2, 0) is 0 Å². The lowest BCUT2D eigenvalue weighted by Crippen LogP contribution is -2.33. The highest BCUT2D eigenvalue weighted by Gasteiger charge is 2.10. The molecule has 0 saturated heterocycles. The van der Waals surface area contributed by atoms with Crippen LogP contribution in [0, 0.1) is 5.92 Å². The first kappa shape index (κ1) is 13.9. The minimum absolute atomic E-state index is 0.705. The van der Waals surface area contributed by atoms with Gasteiger partial charge in [-0.3, -0.25) is 0 Å². The molecule has 0 aliphatic carbocycles. The van der Waals surface area contributed by atoms with Crippen molar-refractivity contribution in [2.75, 3.05) is 26.2 Å². The average Bonchev–Trinajstić information content (AvgIpc) is 2.22. The summed E-state index contributed by atoms with van der Waals surface area (Å²) < 4.78 is 0. The molecular weight excluding hydrogens is 172 g/mol. The van der Waals surface area contributed by atoms with E-state index in [1.165, 1.54) is 45.3 Å². The quantitative estimate of drug-likeness (QED) is 0.619. The zero-order chi connectivity index (χ0) is 10.8. The van der Waals surface area contributed by atoms with Crippen molar-refractivity contribution in [1.29, 1.82) is 0 Å². The lowest BCUT2D eigenvalue weighted by atomic mass is 10.0. The zero-order valence-electron chi connectivity index (χ0n) is 10.3. The van der Waals surface area contributed by atoms with E-state index < -0.39 is 0 Å². The van der Waals surface area contributed by atoms with Gasteiger partial charge in [-0.2, -0.15) is 0 Å². The van der Waals surface area contributed by atoms with Gasteiger partial charge in [-0.15, -0.1) is 0 Å². The second-order valence-electron chi connectivity index (χ2n) is 4.14. The van der Waals surface area contributed by atoms with Crippen molar-refractivity contribution in [3.05, 3.63) is 0 Å². The number of nitrogens with zero attached hydrogens (tertiary/aromatic N) is 1. The van der Waals surface area contributed by atoms with Crippen LogP contribution in [0.4, 0.5) is 0 Å². The number of rotatable bonds is 9. The summed E-state index contributed by atoms with van der Waals surface area (Å²) in [5, 5.41) is 0. The van der Waals surface area contributed by atoms with Crippen LogP contribution in [0.2, 0.25) is 0 Å². The van der Waals surface area contributed by atoms with Gasteiger partial charge >= 0.3 is 0 Å². The van der Waals surface area contributed by atoms with Gasteiger partial charge in [-0.25, -0.2) is 0 Å². The van der Waals surface area contributed by atoms with Crippen molar-refractivity contribution < 1.29 is 0 Å². The van der Waals surface area contributed by atoms with E-state index in [0.717, 1.165) is 6.54 Å². The Morgan fingerprint density at radius 3 is 2.29 bits per heavy atom. The maximum absolute atomic E-state index is 5.76. The van der Waals surface area contributed by atoms with E-state index in [4.69, 9.17) is 5.73 Å². The van der Waals surface area contributed by atoms with Gasteiger partial charge < -0.3 is 10.6 Å². The Morgan fingerprint density at radius 2 is 1.86 bits per heavy atom. The molecule has 0 rings (SSSR count). The highest BCUT2D eigenvalue weighted by Crippen LogP contribution is 2.07. The SMILES string of the molecule is CCCCN(CC)CC(CN)CCC. The van der Waals surface area contributed by atoms with E-state index in [1.54, 1.807) is 0 Å². The number of hydrogen-bond donors (Lipinski definition) is 1. The molecule has 0 aromatic carbocycles. The first-order chi connectivity index (χ1) is 6.78. The summed E-state index contributed by atoms with van der Waals surface area (Å²) in [6.07, 6.45) is 5.14. The van der Waals surface area contributed by atoms with Crippen molar-refractivity contribution in [1.82, 2.24) is 4.90 Å². The Labute approximate surface area is 89.9 Å². The third kappa shape index (κ3) is 6.39. The summed E-state index contributed by atoms with van der Waals surface area (Å²) in [4.78, 5) is 2.54. The van der Waals surface area contributed by atoms with Gasteiger partial charge in [0, 0.05) is 6.54 Å². The number of hydrogen-bond acceptors (Lipinski definition) is 2. The van der Waals surface area contributed by atoms with Crippen LogP contribution in [0.5, 0.6) is 0 Å². The molecule has 0 aliphatic rings. The van der Waals surface area contributed by atoms with Crippen LogP contribution >= 0.6 is 0 Å². The van der Waals surface area contributed by atoms with Gasteiger partial charge in [0.15, 0.2) is 0 Å². The van der Waals surface area contributed by atoms with Crippen LogP contribution in [0.15, 0.2) is 0 Å². The Bertz CT molecular complexity index is 115. The summed E-state index contributed by atoms with van der Waals surface area (Å²) in [5.74, 6) is 0.705. The number of nitrogens with two attached hydrogens (primary N) is 1. The maximum Gasteiger partial charge on any atom is 0.00216 e. The monoisotopic (exact) mass is 200 g/mol. The summed E-state index contributed by atoms with van der Waals surface area (Å²) in [6.45, 7) is 11.2. The van der Waals surface area contributed by atoms with Gasteiger partial charge in [-0.05, 0) is 38.4 Å². The summed E-state index contributed by atoms with van der Waals surface area (Å²) >= 11 is 0. The van der Waals surface area contributed by atoms with E-state index in [1.807, 2.05) is 0 Å². The normalized spacial score (nSPS) is 13.5. The zero-order valence-corrected chi connectivity index (χ0v) is 10.3. The van der Waals surface area contributed by atoms with Crippen molar-refractivity contribution in [2.24, 2.45) is 11.7 Å². The van der Waals surface area contributed by atoms with E-state index in [0.29, 0.717) is 5.92 Å². The van der Waals surface area contributed by atoms with Gasteiger partial charge in [-0.1, -0.05) is 33.6 Å². The lowest BCUT2D eigenvalue weighted by Gasteiger charge is -2.25. The number of unbranched alkanes of at least 4 members (excludes halogenated alkanes) is 1. The summed E-state index contributed by atoms with van der Waals surface area (Å²) in [7, 11) is 0. The molecule has 0 aromatic heterocycles. The van der Waals surface area contributed by atoms with E-state index in [-0.39, 0.29) is 0 Å². The van der Waals surface area contributed by atoms with Crippen molar-refractivity contribution in [2.45, 2.75) is 46.5 Å². The molecule has 0 heterocycles. The van der Waals surface area contributed by atoms with Gasteiger partial charge in [0.05, 0.1) is 0 Å². The van der Waals surface area contributed by atoms with E-state index >= 15 is 0 Å². The third-order valence-electron chi connectivity index (χ3n) is 2.82. The fourth-order valence-corrected chi connectivity index (χ4v) is 1.82. The lowest BCUT2D eigenvalue weighted by molar-refractivity contribution is 0.233. The molecule has 86 valence electrons. The van der Waals surface area contributed by atoms with Crippen LogP contribution in [0.3, 0.4) is 0 Å².